The highest BCUT2D eigenvalue weighted by molar-refractivity contribution is 7.71. The van der Waals surface area contributed by atoms with Gasteiger partial charge in [-0.15, -0.1) is 0 Å². The van der Waals surface area contributed by atoms with Gasteiger partial charge in [-0.3, -0.25) is 14.3 Å². The van der Waals surface area contributed by atoms with Crippen LogP contribution in [0.1, 0.15) is 28.7 Å². The van der Waals surface area contributed by atoms with Crippen molar-refractivity contribution in [1.29, 1.82) is 0 Å². The maximum Gasteiger partial charge on any atom is 0.326 e. The van der Waals surface area contributed by atoms with Crippen LogP contribution in [0.3, 0.4) is 0 Å². The first-order valence-corrected chi connectivity index (χ1v) is 11.2. The molecule has 1 amide bonds. The number of nitrogens with one attached hydrogen (secondary N) is 2. The number of carbonyl (C=O) groups is 1. The minimum Gasteiger partial charge on any atom is -0.368 e. The Balaban J connectivity index is 1.44. The van der Waals surface area contributed by atoms with Crippen LogP contribution < -0.4 is 15.9 Å². The number of aryl methyl sites for hydroxylation is 1. The molecule has 168 valence electrons. The van der Waals surface area contributed by atoms with Crippen molar-refractivity contribution in [2.75, 3.05) is 38.1 Å². The van der Waals surface area contributed by atoms with Gasteiger partial charge in [0.1, 0.15) is 10.3 Å². The lowest BCUT2D eigenvalue weighted by Crippen LogP contribution is -2.46. The van der Waals surface area contributed by atoms with Crippen LogP contribution in [-0.4, -0.2) is 58.6 Å². The van der Waals surface area contributed by atoms with E-state index in [9.17, 15) is 9.59 Å². The van der Waals surface area contributed by atoms with E-state index in [0.29, 0.717) is 16.9 Å². The van der Waals surface area contributed by atoms with Crippen molar-refractivity contribution < 1.29 is 4.79 Å². The number of rotatable bonds is 5. The number of pyridine rings is 1. The monoisotopic (exact) mass is 452 g/mol. The molecule has 8 nitrogen and oxygen atoms in total. The number of hydrogen-bond donors (Lipinski definition) is 2. The highest BCUT2D eigenvalue weighted by atomic mass is 32.1. The van der Waals surface area contributed by atoms with E-state index >= 15 is 0 Å². The van der Waals surface area contributed by atoms with Crippen molar-refractivity contribution in [1.82, 2.24) is 24.8 Å². The molecule has 4 rings (SSSR count). The Labute approximate surface area is 191 Å². The molecule has 3 heterocycles. The average Bonchev–Trinajstić information content (AvgIpc) is 2.79. The third kappa shape index (κ3) is 4.31. The molecular formula is C23H28N6O2S. The normalized spacial score (nSPS) is 14.7. The predicted molar refractivity (Wildman–Crippen MR) is 129 cm³/mol. The Morgan fingerprint density at radius 3 is 2.59 bits per heavy atom. The summed E-state index contributed by atoms with van der Waals surface area (Å²) in [5, 5.41) is 3.51. The molecule has 32 heavy (non-hydrogen) atoms. The zero-order valence-electron chi connectivity index (χ0n) is 18.6. The molecule has 2 aromatic heterocycles. The lowest BCUT2D eigenvalue weighted by Gasteiger charge is -2.36. The van der Waals surface area contributed by atoms with Crippen LogP contribution in [0.2, 0.25) is 0 Å². The van der Waals surface area contributed by atoms with E-state index in [2.05, 4.69) is 31.2 Å². The number of piperazine rings is 1. The Bertz CT molecular complexity index is 1270. The van der Waals surface area contributed by atoms with E-state index in [4.69, 9.17) is 12.2 Å². The van der Waals surface area contributed by atoms with E-state index < -0.39 is 0 Å². The zero-order valence-corrected chi connectivity index (χ0v) is 19.5. The number of fused-ring (bicyclic) bond motifs is 1. The van der Waals surface area contributed by atoms with Gasteiger partial charge < -0.3 is 15.2 Å². The Morgan fingerprint density at radius 2 is 1.94 bits per heavy atom. The molecule has 0 aliphatic carbocycles. The summed E-state index contributed by atoms with van der Waals surface area (Å²) in [5.41, 5.74) is 4.15. The van der Waals surface area contributed by atoms with E-state index in [1.165, 1.54) is 0 Å². The molecule has 1 fully saturated rings. The van der Waals surface area contributed by atoms with Crippen LogP contribution >= 0.6 is 12.2 Å². The van der Waals surface area contributed by atoms with Crippen LogP contribution in [0.4, 0.5) is 5.69 Å². The van der Waals surface area contributed by atoms with Crippen molar-refractivity contribution in [2.24, 2.45) is 0 Å². The van der Waals surface area contributed by atoms with Crippen LogP contribution in [0.25, 0.3) is 10.9 Å². The lowest BCUT2D eigenvalue weighted by atomic mass is 10.1. The molecule has 9 heteroatoms. The number of anilines is 1. The topological polar surface area (TPSA) is 86.3 Å². The Kier molecular flexibility index (Phi) is 6.38. The van der Waals surface area contributed by atoms with Crippen LogP contribution in [-0.2, 0) is 13.1 Å². The standard InChI is InChI=1S/C23H28N6O2S/c1-4-29-22(32)17-6-5-16(13-19(17)26-23(29)31)14-27-9-11-28(12-10-27)20-8-7-18(21(30)24-3)25-15(20)2/h5-8,13H,4,9-12,14H2,1-3H3,(H,24,30)(H,26,31). The second-order valence-corrected chi connectivity index (χ2v) is 8.39. The lowest BCUT2D eigenvalue weighted by molar-refractivity contribution is 0.0958. The largest absolute Gasteiger partial charge is 0.368 e. The number of amides is 1. The third-order valence-electron chi connectivity index (χ3n) is 6.00. The summed E-state index contributed by atoms with van der Waals surface area (Å²) < 4.78 is 2.16. The molecule has 3 aromatic rings. The molecule has 1 aromatic carbocycles. The van der Waals surface area contributed by atoms with Gasteiger partial charge in [0.2, 0.25) is 0 Å². The smallest absolute Gasteiger partial charge is 0.326 e. The molecule has 2 N–H and O–H groups in total. The van der Waals surface area contributed by atoms with Crippen molar-refractivity contribution >= 4 is 34.7 Å². The summed E-state index contributed by atoms with van der Waals surface area (Å²) in [7, 11) is 1.61. The molecule has 0 atom stereocenters. The number of hydrogen-bond acceptors (Lipinski definition) is 6. The van der Waals surface area contributed by atoms with Gasteiger partial charge in [0.05, 0.1) is 16.9 Å². The Morgan fingerprint density at radius 1 is 1.19 bits per heavy atom. The summed E-state index contributed by atoms with van der Waals surface area (Å²) in [6.07, 6.45) is 0. The fourth-order valence-corrected chi connectivity index (χ4v) is 4.62. The van der Waals surface area contributed by atoms with Gasteiger partial charge in [-0.1, -0.05) is 18.3 Å². The number of H-pyrrole nitrogens is 1. The summed E-state index contributed by atoms with van der Waals surface area (Å²) in [4.78, 5) is 36.2. The van der Waals surface area contributed by atoms with Crippen LogP contribution in [0.15, 0.2) is 35.1 Å². The Hall–Kier alpha value is -3.04. The number of benzene rings is 1. The minimum atomic E-state index is -0.172. The average molecular weight is 453 g/mol. The number of carbonyl (C=O) groups excluding carboxylic acids is 1. The fraction of sp³-hybridized carbons (Fsp3) is 0.391. The van der Waals surface area contributed by atoms with Crippen molar-refractivity contribution in [3.8, 4) is 0 Å². The fourth-order valence-electron chi connectivity index (χ4n) is 4.23. The molecule has 1 aliphatic heterocycles. The van der Waals surface area contributed by atoms with Crippen molar-refractivity contribution in [3.63, 3.8) is 0 Å². The third-order valence-corrected chi connectivity index (χ3v) is 6.44. The van der Waals surface area contributed by atoms with Gasteiger partial charge in [-0.25, -0.2) is 9.78 Å². The van der Waals surface area contributed by atoms with Crippen LogP contribution in [0.5, 0.6) is 0 Å². The maximum atomic E-state index is 12.3. The molecule has 1 aliphatic rings. The summed E-state index contributed by atoms with van der Waals surface area (Å²) in [5.74, 6) is -0.172. The first-order valence-electron chi connectivity index (χ1n) is 10.8. The van der Waals surface area contributed by atoms with E-state index in [1.54, 1.807) is 17.7 Å². The van der Waals surface area contributed by atoms with E-state index in [0.717, 1.165) is 60.6 Å². The highest BCUT2D eigenvalue weighted by Gasteiger charge is 2.20. The van der Waals surface area contributed by atoms with Gasteiger partial charge in [-0.2, -0.15) is 0 Å². The van der Waals surface area contributed by atoms with Gasteiger partial charge in [-0.05, 0) is 43.7 Å². The predicted octanol–water partition coefficient (Wildman–Crippen LogP) is 2.46. The second-order valence-electron chi connectivity index (χ2n) is 8.00. The SMILES string of the molecule is CCn1c(=O)[nH]c2cc(CN3CCN(c4ccc(C(=O)NC)nc4C)CC3)ccc2c1=S. The zero-order chi connectivity index (χ0) is 22.8. The van der Waals surface area contributed by atoms with Crippen molar-refractivity contribution in [2.45, 2.75) is 26.9 Å². The van der Waals surface area contributed by atoms with Crippen LogP contribution in [0, 0.1) is 11.6 Å². The molecular weight excluding hydrogens is 424 g/mol. The summed E-state index contributed by atoms with van der Waals surface area (Å²) >= 11 is 5.48. The van der Waals surface area contributed by atoms with Gasteiger partial charge in [0.15, 0.2) is 0 Å². The molecule has 0 saturated carbocycles. The minimum absolute atomic E-state index is 0.165. The van der Waals surface area contributed by atoms with Gasteiger partial charge in [0.25, 0.3) is 5.91 Å². The van der Waals surface area contributed by atoms with Gasteiger partial charge in [0, 0.05) is 51.7 Å². The molecule has 1 saturated heterocycles. The quantitative estimate of drug-likeness (QED) is 0.579. The van der Waals surface area contributed by atoms with E-state index in [1.807, 2.05) is 32.0 Å². The molecule has 0 radical (unpaired) electrons. The van der Waals surface area contributed by atoms with E-state index in [-0.39, 0.29) is 11.6 Å². The highest BCUT2D eigenvalue weighted by Crippen LogP contribution is 2.22. The maximum absolute atomic E-state index is 12.3. The summed E-state index contributed by atoms with van der Waals surface area (Å²) in [6.45, 7) is 8.84. The molecule has 0 bridgehead atoms. The number of aromatic nitrogens is 3. The second kappa shape index (κ2) is 9.22. The van der Waals surface area contributed by atoms with Gasteiger partial charge >= 0.3 is 5.69 Å². The number of aromatic amines is 1. The molecule has 0 unspecified atom stereocenters. The molecule has 0 spiro atoms. The first-order chi connectivity index (χ1) is 15.4. The van der Waals surface area contributed by atoms with Crippen molar-refractivity contribution in [3.05, 3.63) is 62.4 Å². The summed E-state index contributed by atoms with van der Waals surface area (Å²) in [6, 6.07) is 9.89. The number of nitrogens with zero attached hydrogens (tertiary/aromatic N) is 4. The first kappa shape index (κ1) is 22.2.